The van der Waals surface area contributed by atoms with Crippen LogP contribution in [0, 0.1) is 17.3 Å². The van der Waals surface area contributed by atoms with Crippen molar-refractivity contribution in [2.75, 3.05) is 0 Å². The minimum absolute atomic E-state index is 0.312. The molecule has 0 heteroatoms. The van der Waals surface area contributed by atoms with E-state index in [9.17, 15) is 0 Å². The third kappa shape index (κ3) is 3.73. The molecule has 1 rings (SSSR count). The highest BCUT2D eigenvalue weighted by molar-refractivity contribution is 5.17. The summed E-state index contributed by atoms with van der Waals surface area (Å²) in [4.78, 5) is 0. The summed E-state index contributed by atoms with van der Waals surface area (Å²) in [5.41, 5.74) is 0.312. The maximum atomic E-state index is 2.54. The smallest absolute Gasteiger partial charge is 0.0112 e. The van der Waals surface area contributed by atoms with Crippen molar-refractivity contribution in [2.24, 2.45) is 17.3 Å². The third-order valence-corrected chi connectivity index (χ3v) is 4.71. The first-order chi connectivity index (χ1) is 8.67. The van der Waals surface area contributed by atoms with Crippen molar-refractivity contribution in [3.05, 3.63) is 24.3 Å². The van der Waals surface area contributed by atoms with Gasteiger partial charge in [0.1, 0.15) is 0 Å². The van der Waals surface area contributed by atoms with Gasteiger partial charge in [-0.05, 0) is 43.9 Å². The number of hydrogen-bond donors (Lipinski definition) is 0. The lowest BCUT2D eigenvalue weighted by Crippen LogP contribution is -2.32. The third-order valence-electron chi connectivity index (χ3n) is 4.71. The lowest BCUT2D eigenvalue weighted by Gasteiger charge is -2.40. The summed E-state index contributed by atoms with van der Waals surface area (Å²) in [5, 5.41) is 0. The molecule has 1 aliphatic carbocycles. The standard InChI is InChI=1S/C18H32/c1-5-12-16(3)18(17(4)13-6-2)14-10-8-7-9-11-15-18/h10-11,14-17H,5-9,12-13H2,1-4H3. The van der Waals surface area contributed by atoms with Crippen LogP contribution in [0.3, 0.4) is 0 Å². The summed E-state index contributed by atoms with van der Waals surface area (Å²) in [6.07, 6.45) is 19.1. The van der Waals surface area contributed by atoms with Gasteiger partial charge in [0.05, 0.1) is 0 Å². The average molecular weight is 248 g/mol. The molecule has 0 spiro atoms. The van der Waals surface area contributed by atoms with Crippen LogP contribution in [0.5, 0.6) is 0 Å². The summed E-state index contributed by atoms with van der Waals surface area (Å²) < 4.78 is 0. The topological polar surface area (TPSA) is 0 Å². The Morgan fingerprint density at radius 3 is 1.72 bits per heavy atom. The Morgan fingerprint density at radius 2 is 1.33 bits per heavy atom. The number of allylic oxidation sites excluding steroid dienone is 4. The Bertz CT molecular complexity index is 244. The molecule has 1 aliphatic rings. The highest BCUT2D eigenvalue weighted by Gasteiger charge is 2.35. The van der Waals surface area contributed by atoms with Gasteiger partial charge in [-0.3, -0.25) is 0 Å². The quantitative estimate of drug-likeness (QED) is 0.495. The molecule has 18 heavy (non-hydrogen) atoms. The van der Waals surface area contributed by atoms with Crippen molar-refractivity contribution in [1.29, 1.82) is 0 Å². The molecule has 0 aromatic rings. The van der Waals surface area contributed by atoms with Crippen LogP contribution in [0.25, 0.3) is 0 Å². The maximum Gasteiger partial charge on any atom is 0.0112 e. The van der Waals surface area contributed by atoms with Crippen molar-refractivity contribution >= 4 is 0 Å². The highest BCUT2D eigenvalue weighted by Crippen LogP contribution is 2.44. The van der Waals surface area contributed by atoms with Crippen LogP contribution in [-0.2, 0) is 0 Å². The molecule has 2 unspecified atom stereocenters. The predicted molar refractivity (Wildman–Crippen MR) is 82.7 cm³/mol. The molecule has 0 saturated heterocycles. The Kier molecular flexibility index (Phi) is 6.75. The molecule has 2 atom stereocenters. The van der Waals surface area contributed by atoms with Gasteiger partial charge in [0.25, 0.3) is 0 Å². The van der Waals surface area contributed by atoms with Gasteiger partial charge >= 0.3 is 0 Å². The van der Waals surface area contributed by atoms with E-state index in [2.05, 4.69) is 52.0 Å². The van der Waals surface area contributed by atoms with Crippen LogP contribution < -0.4 is 0 Å². The highest BCUT2D eigenvalue weighted by atomic mass is 14.4. The van der Waals surface area contributed by atoms with E-state index in [1.807, 2.05) is 0 Å². The van der Waals surface area contributed by atoms with Crippen molar-refractivity contribution in [1.82, 2.24) is 0 Å². The number of rotatable bonds is 6. The van der Waals surface area contributed by atoms with E-state index in [1.165, 1.54) is 44.9 Å². The summed E-state index contributed by atoms with van der Waals surface area (Å²) in [6.45, 7) is 9.52. The molecular formula is C18H32. The van der Waals surface area contributed by atoms with E-state index in [4.69, 9.17) is 0 Å². The first-order valence-corrected chi connectivity index (χ1v) is 8.02. The second kappa shape index (κ2) is 7.81. The molecular weight excluding hydrogens is 216 g/mol. The van der Waals surface area contributed by atoms with Crippen LogP contribution in [0.15, 0.2) is 24.3 Å². The molecule has 0 aromatic carbocycles. The fourth-order valence-electron chi connectivity index (χ4n) is 3.49. The second-order valence-corrected chi connectivity index (χ2v) is 6.12. The van der Waals surface area contributed by atoms with Gasteiger partial charge in [-0.2, -0.15) is 0 Å². The molecule has 104 valence electrons. The van der Waals surface area contributed by atoms with Crippen LogP contribution in [0.2, 0.25) is 0 Å². The van der Waals surface area contributed by atoms with E-state index in [-0.39, 0.29) is 0 Å². The average Bonchev–Trinajstić information content (AvgIpc) is 2.29. The lowest BCUT2D eigenvalue weighted by atomic mass is 9.64. The van der Waals surface area contributed by atoms with Gasteiger partial charge in [0.15, 0.2) is 0 Å². The largest absolute Gasteiger partial charge is 0.0876 e. The lowest BCUT2D eigenvalue weighted by molar-refractivity contribution is 0.192. The Balaban J connectivity index is 3.00. The Hall–Kier alpha value is -0.520. The van der Waals surface area contributed by atoms with Gasteiger partial charge in [0, 0.05) is 5.41 Å². The van der Waals surface area contributed by atoms with Crippen LogP contribution in [0.4, 0.5) is 0 Å². The van der Waals surface area contributed by atoms with E-state index in [1.54, 1.807) is 0 Å². The molecule has 0 aliphatic heterocycles. The minimum Gasteiger partial charge on any atom is -0.0876 e. The summed E-state index contributed by atoms with van der Waals surface area (Å²) in [6, 6.07) is 0. The number of hydrogen-bond acceptors (Lipinski definition) is 0. The Morgan fingerprint density at radius 1 is 0.889 bits per heavy atom. The van der Waals surface area contributed by atoms with Gasteiger partial charge in [0.2, 0.25) is 0 Å². The van der Waals surface area contributed by atoms with Gasteiger partial charge in [-0.15, -0.1) is 0 Å². The first-order valence-electron chi connectivity index (χ1n) is 8.02. The first kappa shape index (κ1) is 15.5. The molecule has 0 nitrogen and oxygen atoms in total. The normalized spacial score (nSPS) is 27.6. The fourth-order valence-corrected chi connectivity index (χ4v) is 3.49. The van der Waals surface area contributed by atoms with Crippen LogP contribution >= 0.6 is 0 Å². The maximum absolute atomic E-state index is 2.54. The second-order valence-electron chi connectivity index (χ2n) is 6.12. The fraction of sp³-hybridized carbons (Fsp3) is 0.778. The van der Waals surface area contributed by atoms with Gasteiger partial charge < -0.3 is 0 Å². The monoisotopic (exact) mass is 248 g/mol. The molecule has 0 aromatic heterocycles. The van der Waals surface area contributed by atoms with E-state index < -0.39 is 0 Å². The summed E-state index contributed by atoms with van der Waals surface area (Å²) in [5.74, 6) is 1.52. The SMILES string of the molecule is CCCC(C)C1(C(C)CCC)C=CCCCC=C1. The van der Waals surface area contributed by atoms with Crippen molar-refractivity contribution < 1.29 is 0 Å². The molecule has 0 amide bonds. The van der Waals surface area contributed by atoms with E-state index in [0.29, 0.717) is 5.41 Å². The molecule has 0 heterocycles. The molecule has 0 bridgehead atoms. The van der Waals surface area contributed by atoms with Crippen molar-refractivity contribution in [3.63, 3.8) is 0 Å². The zero-order valence-electron chi connectivity index (χ0n) is 12.9. The molecule has 0 radical (unpaired) electrons. The van der Waals surface area contributed by atoms with E-state index in [0.717, 1.165) is 11.8 Å². The van der Waals surface area contributed by atoms with Crippen LogP contribution in [0.1, 0.15) is 72.6 Å². The Labute approximate surface area is 115 Å². The molecule has 0 N–H and O–H groups in total. The minimum atomic E-state index is 0.312. The van der Waals surface area contributed by atoms with E-state index >= 15 is 0 Å². The van der Waals surface area contributed by atoms with Gasteiger partial charge in [-0.1, -0.05) is 64.8 Å². The molecule has 0 fully saturated rings. The van der Waals surface area contributed by atoms with Crippen molar-refractivity contribution in [2.45, 2.75) is 72.6 Å². The van der Waals surface area contributed by atoms with Gasteiger partial charge in [-0.25, -0.2) is 0 Å². The molecule has 0 saturated carbocycles. The predicted octanol–water partition coefficient (Wildman–Crippen LogP) is 6.14. The summed E-state index contributed by atoms with van der Waals surface area (Å²) >= 11 is 0. The van der Waals surface area contributed by atoms with Crippen molar-refractivity contribution in [3.8, 4) is 0 Å². The zero-order chi connectivity index (χ0) is 13.4. The van der Waals surface area contributed by atoms with Crippen LogP contribution in [-0.4, -0.2) is 0 Å². The zero-order valence-corrected chi connectivity index (χ0v) is 12.9. The summed E-state index contributed by atoms with van der Waals surface area (Å²) in [7, 11) is 0.